The van der Waals surface area contributed by atoms with Crippen molar-refractivity contribution < 1.29 is 0 Å². The van der Waals surface area contributed by atoms with Gasteiger partial charge in [-0.05, 0) is 27.7 Å². The highest BCUT2D eigenvalue weighted by atomic mass is 15.2. The smallest absolute Gasteiger partial charge is 0.0193 e. The van der Waals surface area contributed by atoms with Crippen molar-refractivity contribution in [3.8, 4) is 0 Å². The lowest BCUT2D eigenvalue weighted by Crippen LogP contribution is -2.52. The summed E-state index contributed by atoms with van der Waals surface area (Å²) in [6.07, 6.45) is 0. The van der Waals surface area contributed by atoms with Gasteiger partial charge in [0.2, 0.25) is 0 Å². The Morgan fingerprint density at radius 1 is 1.29 bits per heavy atom. The Morgan fingerprint density at radius 2 is 1.86 bits per heavy atom. The zero-order valence-corrected chi connectivity index (χ0v) is 10.1. The fraction of sp³-hybridized carbons (Fsp3) is 1.00. The van der Waals surface area contributed by atoms with Crippen LogP contribution in [0.5, 0.6) is 0 Å². The van der Waals surface area contributed by atoms with Gasteiger partial charge in [0.15, 0.2) is 0 Å². The monoisotopic (exact) mass is 199 g/mol. The van der Waals surface area contributed by atoms with Crippen LogP contribution in [0.4, 0.5) is 0 Å². The molecule has 1 heterocycles. The van der Waals surface area contributed by atoms with E-state index in [4.69, 9.17) is 0 Å². The van der Waals surface area contributed by atoms with E-state index in [1.807, 2.05) is 0 Å². The summed E-state index contributed by atoms with van der Waals surface area (Å²) in [5.74, 6) is 0. The summed E-state index contributed by atoms with van der Waals surface area (Å²) in [5, 5.41) is 6.94. The number of nitrogens with one attached hydrogen (secondary N) is 2. The summed E-state index contributed by atoms with van der Waals surface area (Å²) in [6, 6.07) is 0.649. The van der Waals surface area contributed by atoms with Gasteiger partial charge in [-0.3, -0.25) is 4.90 Å². The van der Waals surface area contributed by atoms with Crippen molar-refractivity contribution in [3.63, 3.8) is 0 Å². The first-order valence-electron chi connectivity index (χ1n) is 5.69. The van der Waals surface area contributed by atoms with E-state index in [1.54, 1.807) is 0 Å². The van der Waals surface area contributed by atoms with Crippen LogP contribution in [0.1, 0.15) is 27.7 Å². The van der Waals surface area contributed by atoms with Gasteiger partial charge in [-0.15, -0.1) is 0 Å². The Balaban J connectivity index is 2.23. The highest BCUT2D eigenvalue weighted by molar-refractivity contribution is 4.78. The molecular formula is C11H25N3. The molecule has 0 aromatic heterocycles. The molecule has 14 heavy (non-hydrogen) atoms. The Labute approximate surface area is 88.2 Å². The molecule has 0 bridgehead atoms. The van der Waals surface area contributed by atoms with Crippen molar-refractivity contribution in [2.75, 3.05) is 32.7 Å². The summed E-state index contributed by atoms with van der Waals surface area (Å²) >= 11 is 0. The lowest BCUT2D eigenvalue weighted by Gasteiger charge is -2.34. The molecule has 0 aromatic rings. The summed E-state index contributed by atoms with van der Waals surface area (Å²) < 4.78 is 0. The molecule has 0 aromatic carbocycles. The molecule has 2 N–H and O–H groups in total. The fourth-order valence-corrected chi connectivity index (χ4v) is 1.71. The van der Waals surface area contributed by atoms with Crippen molar-refractivity contribution in [3.05, 3.63) is 0 Å². The van der Waals surface area contributed by atoms with Crippen LogP contribution in [-0.2, 0) is 0 Å². The van der Waals surface area contributed by atoms with E-state index in [0.29, 0.717) is 6.04 Å². The SMILES string of the molecule is CC(CNC(C)(C)C)N1CCNCC1. The summed E-state index contributed by atoms with van der Waals surface area (Å²) in [4.78, 5) is 2.55. The summed E-state index contributed by atoms with van der Waals surface area (Å²) in [7, 11) is 0. The molecule has 1 saturated heterocycles. The average Bonchev–Trinajstić information content (AvgIpc) is 2.14. The van der Waals surface area contributed by atoms with Crippen LogP contribution < -0.4 is 10.6 Å². The van der Waals surface area contributed by atoms with Crippen LogP contribution in [-0.4, -0.2) is 49.2 Å². The maximum absolute atomic E-state index is 3.56. The van der Waals surface area contributed by atoms with E-state index in [-0.39, 0.29) is 5.54 Å². The number of rotatable bonds is 3. The molecule has 1 fully saturated rings. The molecule has 0 spiro atoms. The van der Waals surface area contributed by atoms with Crippen LogP contribution in [0.25, 0.3) is 0 Å². The Bertz CT molecular complexity index is 156. The third-order valence-corrected chi connectivity index (χ3v) is 2.70. The van der Waals surface area contributed by atoms with Gasteiger partial charge < -0.3 is 10.6 Å². The first kappa shape index (κ1) is 12.0. The van der Waals surface area contributed by atoms with Gasteiger partial charge in [0.1, 0.15) is 0 Å². The van der Waals surface area contributed by atoms with E-state index in [9.17, 15) is 0 Å². The molecule has 84 valence electrons. The Hall–Kier alpha value is -0.120. The second-order valence-electron chi connectivity index (χ2n) is 5.27. The average molecular weight is 199 g/mol. The second kappa shape index (κ2) is 5.10. The maximum Gasteiger partial charge on any atom is 0.0193 e. The van der Waals surface area contributed by atoms with Gasteiger partial charge >= 0.3 is 0 Å². The zero-order valence-electron chi connectivity index (χ0n) is 10.1. The fourth-order valence-electron chi connectivity index (χ4n) is 1.71. The second-order valence-corrected chi connectivity index (χ2v) is 5.27. The minimum Gasteiger partial charge on any atom is -0.314 e. The molecular weight excluding hydrogens is 174 g/mol. The van der Waals surface area contributed by atoms with Crippen molar-refractivity contribution >= 4 is 0 Å². The maximum atomic E-state index is 3.56. The minimum atomic E-state index is 0.238. The van der Waals surface area contributed by atoms with Crippen molar-refractivity contribution in [1.29, 1.82) is 0 Å². The third kappa shape index (κ3) is 4.40. The number of hydrogen-bond donors (Lipinski definition) is 2. The first-order chi connectivity index (χ1) is 6.49. The number of nitrogens with zero attached hydrogens (tertiary/aromatic N) is 1. The van der Waals surface area contributed by atoms with Crippen LogP contribution >= 0.6 is 0 Å². The van der Waals surface area contributed by atoms with Crippen molar-refractivity contribution in [1.82, 2.24) is 15.5 Å². The third-order valence-electron chi connectivity index (χ3n) is 2.70. The molecule has 0 aliphatic carbocycles. The van der Waals surface area contributed by atoms with E-state index in [2.05, 4.69) is 43.2 Å². The Morgan fingerprint density at radius 3 is 2.36 bits per heavy atom. The first-order valence-corrected chi connectivity index (χ1v) is 5.69. The molecule has 0 saturated carbocycles. The van der Waals surface area contributed by atoms with Gasteiger partial charge in [-0.1, -0.05) is 0 Å². The van der Waals surface area contributed by atoms with Crippen LogP contribution in [0.15, 0.2) is 0 Å². The molecule has 3 heteroatoms. The van der Waals surface area contributed by atoms with Gasteiger partial charge in [0.05, 0.1) is 0 Å². The normalized spacial score (nSPS) is 22.3. The summed E-state index contributed by atoms with van der Waals surface area (Å²) in [6.45, 7) is 14.7. The van der Waals surface area contributed by atoms with E-state index < -0.39 is 0 Å². The lowest BCUT2D eigenvalue weighted by atomic mass is 10.1. The molecule has 0 amide bonds. The minimum absolute atomic E-state index is 0.238. The Kier molecular flexibility index (Phi) is 4.35. The quantitative estimate of drug-likeness (QED) is 0.699. The number of hydrogen-bond acceptors (Lipinski definition) is 3. The predicted molar refractivity (Wildman–Crippen MR) is 61.7 cm³/mol. The van der Waals surface area contributed by atoms with Crippen molar-refractivity contribution in [2.24, 2.45) is 0 Å². The molecule has 1 aliphatic heterocycles. The molecule has 1 atom stereocenters. The highest BCUT2D eigenvalue weighted by Crippen LogP contribution is 2.03. The van der Waals surface area contributed by atoms with E-state index in [1.165, 1.54) is 13.1 Å². The van der Waals surface area contributed by atoms with E-state index >= 15 is 0 Å². The van der Waals surface area contributed by atoms with Gasteiger partial charge in [-0.25, -0.2) is 0 Å². The van der Waals surface area contributed by atoms with Crippen LogP contribution in [0.2, 0.25) is 0 Å². The molecule has 1 rings (SSSR count). The largest absolute Gasteiger partial charge is 0.314 e. The van der Waals surface area contributed by atoms with Crippen LogP contribution in [0.3, 0.4) is 0 Å². The van der Waals surface area contributed by atoms with Crippen molar-refractivity contribution in [2.45, 2.75) is 39.3 Å². The predicted octanol–water partition coefficient (Wildman–Crippen LogP) is 0.668. The lowest BCUT2D eigenvalue weighted by molar-refractivity contribution is 0.173. The van der Waals surface area contributed by atoms with Gasteiger partial charge in [0, 0.05) is 44.3 Å². The molecule has 1 unspecified atom stereocenters. The topological polar surface area (TPSA) is 27.3 Å². The molecule has 3 nitrogen and oxygen atoms in total. The molecule has 1 aliphatic rings. The van der Waals surface area contributed by atoms with Gasteiger partial charge in [-0.2, -0.15) is 0 Å². The molecule has 0 radical (unpaired) electrons. The summed E-state index contributed by atoms with van der Waals surface area (Å²) in [5.41, 5.74) is 0.238. The highest BCUT2D eigenvalue weighted by Gasteiger charge is 2.18. The van der Waals surface area contributed by atoms with E-state index in [0.717, 1.165) is 19.6 Å². The van der Waals surface area contributed by atoms with Gasteiger partial charge in [0.25, 0.3) is 0 Å². The number of piperazine rings is 1. The van der Waals surface area contributed by atoms with Crippen LogP contribution in [0, 0.1) is 0 Å². The zero-order chi connectivity index (χ0) is 10.6. The standard InChI is InChI=1S/C11H25N3/c1-10(9-13-11(2,3)4)14-7-5-12-6-8-14/h10,12-13H,5-9H2,1-4H3.